The molecule has 0 saturated heterocycles. The molecule has 0 radical (unpaired) electrons. The zero-order valence-electron chi connectivity index (χ0n) is 17.7. The van der Waals surface area contributed by atoms with Crippen LogP contribution in [0.3, 0.4) is 0 Å². The number of hydrogen-bond acceptors (Lipinski definition) is 10. The molecule has 1 amide bonds. The van der Waals surface area contributed by atoms with E-state index in [1.165, 1.54) is 25.1 Å². The summed E-state index contributed by atoms with van der Waals surface area (Å²) in [5, 5.41) is 63.3. The van der Waals surface area contributed by atoms with E-state index in [9.17, 15) is 45.2 Å². The maximum absolute atomic E-state index is 13.6. The van der Waals surface area contributed by atoms with Gasteiger partial charge in [-0.2, -0.15) is 5.23 Å². The number of quaternary nitrogens is 1. The van der Waals surface area contributed by atoms with Gasteiger partial charge in [0.15, 0.2) is 17.1 Å². The van der Waals surface area contributed by atoms with Gasteiger partial charge in [-0.3, -0.25) is 19.3 Å². The average Bonchev–Trinajstić information content (AvgIpc) is 2.70. The number of ketones is 2. The number of phenolic OH excluding ortho intramolecular Hbond substituents is 1. The second-order valence-corrected chi connectivity index (χ2v) is 8.75. The molecular formula is C21H23N3O9. The first kappa shape index (κ1) is 22.9. The molecule has 1 fully saturated rings. The SMILES string of the molecule is CN(C)[C@@H]1C(=O)C(C(N)=O)=C(O)[C@@]2(O)C(=O)C3=C(O)c4c(O)ccc([NH+]([O-])O)c4C[C@H]3C[C@@H]12. The number of aliphatic hydroxyl groups excluding tert-OH is 2. The summed E-state index contributed by atoms with van der Waals surface area (Å²) >= 11 is 0. The number of amides is 1. The van der Waals surface area contributed by atoms with Crippen molar-refractivity contribution in [3.05, 3.63) is 45.4 Å². The van der Waals surface area contributed by atoms with Gasteiger partial charge in [0.05, 0.1) is 11.6 Å². The van der Waals surface area contributed by atoms with E-state index in [-0.39, 0.29) is 35.2 Å². The van der Waals surface area contributed by atoms with Gasteiger partial charge in [-0.1, -0.05) is 0 Å². The number of benzene rings is 1. The molecule has 12 nitrogen and oxygen atoms in total. The van der Waals surface area contributed by atoms with Crippen LogP contribution in [0.2, 0.25) is 0 Å². The lowest BCUT2D eigenvalue weighted by atomic mass is 9.57. The number of rotatable bonds is 3. The number of aromatic hydroxyl groups is 1. The number of nitrogens with zero attached hydrogens (tertiary/aromatic N) is 1. The Morgan fingerprint density at radius 1 is 1.24 bits per heavy atom. The van der Waals surface area contributed by atoms with Crippen LogP contribution in [0.4, 0.5) is 5.69 Å². The average molecular weight is 461 g/mol. The molecule has 0 aliphatic heterocycles. The van der Waals surface area contributed by atoms with Crippen LogP contribution in [0.5, 0.6) is 5.75 Å². The monoisotopic (exact) mass is 461 g/mol. The minimum Gasteiger partial charge on any atom is -0.595 e. The maximum Gasteiger partial charge on any atom is 0.255 e. The molecule has 0 aromatic heterocycles. The van der Waals surface area contributed by atoms with Gasteiger partial charge in [0.1, 0.15) is 22.8 Å². The van der Waals surface area contributed by atoms with Crippen molar-refractivity contribution >= 4 is 28.9 Å². The van der Waals surface area contributed by atoms with Crippen molar-refractivity contribution in [2.45, 2.75) is 24.5 Å². The molecule has 4 rings (SSSR count). The largest absolute Gasteiger partial charge is 0.595 e. The molecule has 0 spiro atoms. The summed E-state index contributed by atoms with van der Waals surface area (Å²) in [6.45, 7) is 0. The minimum atomic E-state index is -2.73. The molecule has 0 heterocycles. The summed E-state index contributed by atoms with van der Waals surface area (Å²) in [6.07, 6.45) is -0.189. The summed E-state index contributed by atoms with van der Waals surface area (Å²) in [4.78, 5) is 39.9. The van der Waals surface area contributed by atoms with Gasteiger partial charge in [-0.05, 0) is 38.9 Å². The molecule has 1 aromatic rings. The topological polar surface area (TPSA) is 209 Å². The number of nitrogens with two attached hydrogens (primary N) is 1. The van der Waals surface area contributed by atoms with E-state index in [1.54, 1.807) is 0 Å². The molecular weight excluding hydrogens is 438 g/mol. The predicted molar refractivity (Wildman–Crippen MR) is 110 cm³/mol. The number of carbonyl (C=O) groups excluding carboxylic acids is 3. The van der Waals surface area contributed by atoms with Crippen molar-refractivity contribution in [1.29, 1.82) is 0 Å². The first-order chi connectivity index (χ1) is 15.3. The Kier molecular flexibility index (Phi) is 5.11. The highest BCUT2D eigenvalue weighted by atomic mass is 16.8. The number of primary amides is 1. The molecule has 1 aromatic carbocycles. The molecule has 8 N–H and O–H groups in total. The van der Waals surface area contributed by atoms with E-state index in [1.807, 2.05) is 0 Å². The number of aliphatic hydroxyl groups is 3. The maximum atomic E-state index is 13.6. The Morgan fingerprint density at radius 3 is 2.42 bits per heavy atom. The fourth-order valence-electron chi connectivity index (χ4n) is 5.44. The highest BCUT2D eigenvalue weighted by Gasteiger charge is 2.64. The number of Topliss-reactive ketones (excluding diaryl/α,β-unsaturated/α-hetero) is 2. The second-order valence-electron chi connectivity index (χ2n) is 8.75. The molecule has 1 saturated carbocycles. The van der Waals surface area contributed by atoms with Crippen molar-refractivity contribution in [2.75, 3.05) is 14.1 Å². The molecule has 12 heteroatoms. The van der Waals surface area contributed by atoms with Crippen LogP contribution in [0, 0.1) is 17.0 Å². The molecule has 176 valence electrons. The van der Waals surface area contributed by atoms with Crippen molar-refractivity contribution in [1.82, 2.24) is 4.90 Å². The Hall–Kier alpha value is -3.29. The number of nitrogens with one attached hydrogen (secondary N) is 1. The quantitative estimate of drug-likeness (QED) is 0.155. The third-order valence-corrected chi connectivity index (χ3v) is 6.83. The van der Waals surface area contributed by atoms with Crippen LogP contribution in [0.15, 0.2) is 29.0 Å². The van der Waals surface area contributed by atoms with Crippen LogP contribution in [-0.2, 0) is 20.8 Å². The van der Waals surface area contributed by atoms with E-state index in [4.69, 9.17) is 5.73 Å². The molecule has 5 atom stereocenters. The number of phenols is 1. The van der Waals surface area contributed by atoms with Crippen LogP contribution in [0.1, 0.15) is 17.5 Å². The zero-order valence-corrected chi connectivity index (χ0v) is 17.7. The van der Waals surface area contributed by atoms with Crippen LogP contribution >= 0.6 is 0 Å². The van der Waals surface area contributed by atoms with Gasteiger partial charge in [-0.15, -0.1) is 0 Å². The van der Waals surface area contributed by atoms with Gasteiger partial charge in [0.25, 0.3) is 5.91 Å². The van der Waals surface area contributed by atoms with E-state index in [0.717, 1.165) is 6.07 Å². The zero-order chi connectivity index (χ0) is 24.6. The Labute approximate surface area is 187 Å². The van der Waals surface area contributed by atoms with Gasteiger partial charge in [0.2, 0.25) is 5.78 Å². The molecule has 3 aliphatic carbocycles. The van der Waals surface area contributed by atoms with Crippen molar-refractivity contribution in [2.24, 2.45) is 17.6 Å². The minimum absolute atomic E-state index is 0.0788. The molecule has 1 unspecified atom stereocenters. The lowest BCUT2D eigenvalue weighted by Crippen LogP contribution is -2.99. The highest BCUT2D eigenvalue weighted by Crippen LogP contribution is 2.53. The lowest BCUT2D eigenvalue weighted by Gasteiger charge is -2.50. The number of likely N-dealkylation sites (N-methyl/N-ethyl adjacent to an activating group) is 1. The fourth-order valence-corrected chi connectivity index (χ4v) is 5.44. The third-order valence-electron chi connectivity index (χ3n) is 6.83. The summed E-state index contributed by atoms with van der Waals surface area (Å²) in [6, 6.07) is 1.04. The fraction of sp³-hybridized carbons (Fsp3) is 0.381. The highest BCUT2D eigenvalue weighted by molar-refractivity contribution is 6.24. The Bertz CT molecular complexity index is 1170. The number of fused-ring (bicyclic) bond motifs is 3. The lowest BCUT2D eigenvalue weighted by molar-refractivity contribution is -0.991. The van der Waals surface area contributed by atoms with Crippen LogP contribution in [0.25, 0.3) is 5.76 Å². The van der Waals surface area contributed by atoms with Gasteiger partial charge in [-0.25, -0.2) is 5.21 Å². The van der Waals surface area contributed by atoms with E-state index in [0.29, 0.717) is 0 Å². The van der Waals surface area contributed by atoms with E-state index >= 15 is 0 Å². The molecule has 3 aliphatic rings. The van der Waals surface area contributed by atoms with Crippen LogP contribution < -0.4 is 11.0 Å². The summed E-state index contributed by atoms with van der Waals surface area (Å²) in [5.41, 5.74) is 0.965. The van der Waals surface area contributed by atoms with Crippen molar-refractivity contribution in [3.63, 3.8) is 0 Å². The van der Waals surface area contributed by atoms with Gasteiger partial charge < -0.3 is 31.4 Å². The Balaban J connectivity index is 1.99. The van der Waals surface area contributed by atoms with Gasteiger partial charge in [0, 0.05) is 23.1 Å². The van der Waals surface area contributed by atoms with Gasteiger partial charge >= 0.3 is 0 Å². The van der Waals surface area contributed by atoms with E-state index < -0.39 is 69.0 Å². The van der Waals surface area contributed by atoms with E-state index in [2.05, 4.69) is 0 Å². The molecule has 0 bridgehead atoms. The predicted octanol–water partition coefficient (Wildman–Crippen LogP) is -1.63. The second kappa shape index (κ2) is 7.37. The summed E-state index contributed by atoms with van der Waals surface area (Å²) < 4.78 is 0. The van der Waals surface area contributed by atoms with Crippen LogP contribution in [-0.4, -0.2) is 73.7 Å². The Morgan fingerprint density at radius 2 is 1.88 bits per heavy atom. The standard InChI is InChI=1S/C21H23N3O9/c1-23(2)15-9-6-7-5-8-10(24(32)33)3-4-11(25)13(8)16(26)12(7)18(28)21(9,31)19(29)14(17(15)27)20(22)30/h3-4,7,9,15,24-26,29,31-32H,5-6H2,1-2H3,(H2,22,30)/t7-,9-,15-,21-/m0/s1. The number of hydrogen-bond donors (Lipinski definition) is 7. The normalized spacial score (nSPS) is 30.2. The summed E-state index contributed by atoms with van der Waals surface area (Å²) in [7, 11) is 2.99. The molecule has 33 heavy (non-hydrogen) atoms. The first-order valence-electron chi connectivity index (χ1n) is 10.1. The number of carbonyl (C=O) groups is 3. The third kappa shape index (κ3) is 2.92. The van der Waals surface area contributed by atoms with Crippen molar-refractivity contribution < 1.29 is 45.2 Å². The summed E-state index contributed by atoms with van der Waals surface area (Å²) in [5.74, 6) is -7.75. The first-order valence-corrected chi connectivity index (χ1v) is 10.1. The smallest absolute Gasteiger partial charge is 0.255 e. The van der Waals surface area contributed by atoms with Crippen molar-refractivity contribution in [3.8, 4) is 5.75 Å².